The van der Waals surface area contributed by atoms with Crippen LogP contribution in [0.5, 0.6) is 0 Å². The zero-order valence-corrected chi connectivity index (χ0v) is 8.43. The first-order chi connectivity index (χ1) is 6.15. The van der Waals surface area contributed by atoms with E-state index in [0.29, 0.717) is 17.3 Å². The average Bonchev–Trinajstić information content (AvgIpc) is 2.04. The van der Waals surface area contributed by atoms with Crippen LogP contribution in [0.3, 0.4) is 0 Å². The van der Waals surface area contributed by atoms with Gasteiger partial charge in [-0.1, -0.05) is 18.5 Å². The van der Waals surface area contributed by atoms with Crippen molar-refractivity contribution in [1.82, 2.24) is 10.2 Å². The monoisotopic (exact) mass is 198 g/mol. The molecule has 0 spiro atoms. The van der Waals surface area contributed by atoms with Crippen LogP contribution in [0.2, 0.25) is 5.15 Å². The van der Waals surface area contributed by atoms with Gasteiger partial charge in [0.15, 0.2) is 10.9 Å². The molecule has 0 N–H and O–H groups in total. The lowest BCUT2D eigenvalue weighted by atomic mass is 10.1. The van der Waals surface area contributed by atoms with Gasteiger partial charge >= 0.3 is 0 Å². The first kappa shape index (κ1) is 10.1. The number of ketones is 1. The Bertz CT molecular complexity index is 325. The fourth-order valence-electron chi connectivity index (χ4n) is 1.07. The van der Waals surface area contributed by atoms with Gasteiger partial charge in [0.1, 0.15) is 5.69 Å². The van der Waals surface area contributed by atoms with Gasteiger partial charge in [-0.05, 0) is 25.0 Å². The van der Waals surface area contributed by atoms with Gasteiger partial charge in [-0.2, -0.15) is 0 Å². The molecule has 0 aliphatic carbocycles. The van der Waals surface area contributed by atoms with E-state index in [9.17, 15) is 4.79 Å². The largest absolute Gasteiger partial charge is 0.292 e. The lowest BCUT2D eigenvalue weighted by molar-refractivity contribution is 0.0975. The summed E-state index contributed by atoms with van der Waals surface area (Å²) in [6.07, 6.45) is 1.33. The number of hydrogen-bond donors (Lipinski definition) is 0. The van der Waals surface area contributed by atoms with Crippen LogP contribution in [0.15, 0.2) is 6.07 Å². The Balaban J connectivity index is 2.95. The lowest BCUT2D eigenvalue weighted by Crippen LogP contribution is -2.05. The van der Waals surface area contributed by atoms with Gasteiger partial charge in [-0.25, -0.2) is 0 Å². The van der Waals surface area contributed by atoms with Gasteiger partial charge in [0, 0.05) is 6.42 Å². The standard InChI is InChI=1S/C9H11ClN2O/c1-3-4-7(13)9-6(2)5-8(10)11-12-9/h5H,3-4H2,1-2H3. The highest BCUT2D eigenvalue weighted by molar-refractivity contribution is 6.29. The Morgan fingerprint density at radius 3 is 2.77 bits per heavy atom. The molecule has 0 saturated heterocycles. The summed E-state index contributed by atoms with van der Waals surface area (Å²) in [5.74, 6) is 0.0316. The predicted molar refractivity (Wildman–Crippen MR) is 51.0 cm³/mol. The minimum Gasteiger partial charge on any atom is -0.292 e. The van der Waals surface area contributed by atoms with Crippen molar-refractivity contribution < 1.29 is 4.79 Å². The normalized spacial score (nSPS) is 10.1. The molecule has 1 aromatic rings. The topological polar surface area (TPSA) is 42.9 Å². The second-order valence-corrected chi connectivity index (χ2v) is 3.26. The van der Waals surface area contributed by atoms with Crippen molar-refractivity contribution in [2.24, 2.45) is 0 Å². The predicted octanol–water partition coefficient (Wildman–Crippen LogP) is 2.42. The molecule has 1 rings (SSSR count). The fraction of sp³-hybridized carbons (Fsp3) is 0.444. The minimum atomic E-state index is 0.0316. The van der Waals surface area contributed by atoms with Crippen molar-refractivity contribution in [3.05, 3.63) is 22.5 Å². The number of aryl methyl sites for hydroxylation is 1. The molecule has 0 atom stereocenters. The average molecular weight is 199 g/mol. The van der Waals surface area contributed by atoms with Crippen LogP contribution in [0.25, 0.3) is 0 Å². The maximum absolute atomic E-state index is 11.4. The summed E-state index contributed by atoms with van der Waals surface area (Å²) in [6.45, 7) is 3.76. The Labute approximate surface area is 82.1 Å². The summed E-state index contributed by atoms with van der Waals surface area (Å²) >= 11 is 5.61. The molecule has 0 aliphatic heterocycles. The third kappa shape index (κ3) is 2.49. The molecule has 0 bridgehead atoms. The van der Waals surface area contributed by atoms with Crippen molar-refractivity contribution in [2.45, 2.75) is 26.7 Å². The smallest absolute Gasteiger partial charge is 0.183 e. The van der Waals surface area contributed by atoms with Crippen molar-refractivity contribution in [2.75, 3.05) is 0 Å². The molecule has 70 valence electrons. The van der Waals surface area contributed by atoms with E-state index >= 15 is 0 Å². The second kappa shape index (κ2) is 4.33. The molecular formula is C9H11ClN2O. The van der Waals surface area contributed by atoms with E-state index in [2.05, 4.69) is 10.2 Å². The van der Waals surface area contributed by atoms with Gasteiger partial charge in [0.25, 0.3) is 0 Å². The van der Waals surface area contributed by atoms with Crippen LogP contribution >= 0.6 is 11.6 Å². The molecule has 4 heteroatoms. The van der Waals surface area contributed by atoms with Crippen LogP contribution < -0.4 is 0 Å². The van der Waals surface area contributed by atoms with Crippen molar-refractivity contribution in [3.63, 3.8) is 0 Å². The molecular weight excluding hydrogens is 188 g/mol. The van der Waals surface area contributed by atoms with E-state index in [1.807, 2.05) is 13.8 Å². The number of aromatic nitrogens is 2. The first-order valence-electron chi connectivity index (χ1n) is 4.18. The molecule has 0 saturated carbocycles. The molecule has 0 amide bonds. The summed E-state index contributed by atoms with van der Waals surface area (Å²) in [6, 6.07) is 1.65. The molecule has 0 fully saturated rings. The summed E-state index contributed by atoms with van der Waals surface area (Å²) in [4.78, 5) is 11.4. The Hall–Kier alpha value is -0.960. The van der Waals surface area contributed by atoms with E-state index in [0.717, 1.165) is 12.0 Å². The molecule has 0 aromatic carbocycles. The first-order valence-corrected chi connectivity index (χ1v) is 4.56. The van der Waals surface area contributed by atoms with Gasteiger partial charge in [0.2, 0.25) is 0 Å². The van der Waals surface area contributed by atoms with Crippen molar-refractivity contribution >= 4 is 17.4 Å². The summed E-state index contributed by atoms with van der Waals surface area (Å²) in [7, 11) is 0. The fourth-order valence-corrected chi connectivity index (χ4v) is 1.28. The van der Waals surface area contributed by atoms with E-state index in [1.54, 1.807) is 6.07 Å². The molecule has 0 aliphatic rings. The number of rotatable bonds is 3. The second-order valence-electron chi connectivity index (χ2n) is 2.87. The van der Waals surface area contributed by atoms with E-state index in [-0.39, 0.29) is 5.78 Å². The molecule has 1 heterocycles. The van der Waals surface area contributed by atoms with Gasteiger partial charge < -0.3 is 0 Å². The van der Waals surface area contributed by atoms with Gasteiger partial charge in [-0.3, -0.25) is 4.79 Å². The highest BCUT2D eigenvalue weighted by Gasteiger charge is 2.10. The molecule has 0 radical (unpaired) electrons. The molecule has 3 nitrogen and oxygen atoms in total. The third-order valence-electron chi connectivity index (χ3n) is 1.70. The van der Waals surface area contributed by atoms with E-state index < -0.39 is 0 Å². The number of halogens is 1. The summed E-state index contributed by atoms with van der Waals surface area (Å²) in [5, 5.41) is 7.73. The quantitative estimate of drug-likeness (QED) is 0.701. The van der Waals surface area contributed by atoms with Gasteiger partial charge in [0.05, 0.1) is 0 Å². The molecule has 1 aromatic heterocycles. The number of carbonyl (C=O) groups is 1. The Morgan fingerprint density at radius 2 is 2.23 bits per heavy atom. The van der Waals surface area contributed by atoms with Crippen LogP contribution in [0.4, 0.5) is 0 Å². The minimum absolute atomic E-state index is 0.0316. The lowest BCUT2D eigenvalue weighted by Gasteiger charge is -2.01. The number of Topliss-reactive ketones (excluding diaryl/α,β-unsaturated/α-hetero) is 1. The number of carbonyl (C=O) groups excluding carboxylic acids is 1. The maximum atomic E-state index is 11.4. The summed E-state index contributed by atoms with van der Waals surface area (Å²) in [5.41, 5.74) is 1.23. The summed E-state index contributed by atoms with van der Waals surface area (Å²) < 4.78 is 0. The third-order valence-corrected chi connectivity index (χ3v) is 1.88. The van der Waals surface area contributed by atoms with Crippen molar-refractivity contribution in [3.8, 4) is 0 Å². The van der Waals surface area contributed by atoms with Crippen LogP contribution in [0.1, 0.15) is 35.8 Å². The molecule has 0 unspecified atom stereocenters. The Morgan fingerprint density at radius 1 is 1.54 bits per heavy atom. The zero-order valence-electron chi connectivity index (χ0n) is 7.67. The zero-order chi connectivity index (χ0) is 9.84. The van der Waals surface area contributed by atoms with Gasteiger partial charge in [-0.15, -0.1) is 10.2 Å². The van der Waals surface area contributed by atoms with E-state index in [1.165, 1.54) is 0 Å². The van der Waals surface area contributed by atoms with Crippen molar-refractivity contribution in [1.29, 1.82) is 0 Å². The SMILES string of the molecule is CCCC(=O)c1nnc(Cl)cc1C. The maximum Gasteiger partial charge on any atom is 0.183 e. The number of nitrogens with zero attached hydrogens (tertiary/aromatic N) is 2. The highest BCUT2D eigenvalue weighted by Crippen LogP contribution is 2.11. The van der Waals surface area contributed by atoms with Crippen LogP contribution in [-0.4, -0.2) is 16.0 Å². The Kier molecular flexibility index (Phi) is 3.37. The molecule has 13 heavy (non-hydrogen) atoms. The highest BCUT2D eigenvalue weighted by atomic mass is 35.5. The van der Waals surface area contributed by atoms with Crippen LogP contribution in [0, 0.1) is 6.92 Å². The number of hydrogen-bond acceptors (Lipinski definition) is 3. The van der Waals surface area contributed by atoms with E-state index in [4.69, 9.17) is 11.6 Å². The van der Waals surface area contributed by atoms with Crippen LogP contribution in [-0.2, 0) is 0 Å².